The van der Waals surface area contributed by atoms with Crippen LogP contribution in [-0.4, -0.2) is 30.7 Å². The monoisotopic (exact) mass is 424 g/mol. The molecule has 0 aliphatic rings. The van der Waals surface area contributed by atoms with Crippen molar-refractivity contribution >= 4 is 51.6 Å². The van der Waals surface area contributed by atoms with Gasteiger partial charge in [-0.25, -0.2) is 0 Å². The van der Waals surface area contributed by atoms with Crippen molar-refractivity contribution in [3.05, 3.63) is 68.8 Å². The lowest BCUT2D eigenvalue weighted by molar-refractivity contribution is 0.0955. The molecule has 0 bridgehead atoms. The lowest BCUT2D eigenvalue weighted by Gasteiger charge is -2.07. The highest BCUT2D eigenvalue weighted by Crippen LogP contribution is 2.29. The second kappa shape index (κ2) is 8.98. The van der Waals surface area contributed by atoms with Gasteiger partial charge in [0.05, 0.1) is 22.7 Å². The molecular weight excluding hydrogens is 407 g/mol. The summed E-state index contributed by atoms with van der Waals surface area (Å²) < 4.78 is 7.13. The zero-order valence-electron chi connectivity index (χ0n) is 14.8. The summed E-state index contributed by atoms with van der Waals surface area (Å²) >= 11 is 18.5. The minimum Gasteiger partial charge on any atom is -0.383 e. The Hall–Kier alpha value is -1.72. The Morgan fingerprint density at radius 3 is 2.70 bits per heavy atom. The van der Waals surface area contributed by atoms with Crippen LogP contribution in [0.25, 0.3) is 10.9 Å². The van der Waals surface area contributed by atoms with Crippen molar-refractivity contribution in [2.75, 3.05) is 20.3 Å². The van der Waals surface area contributed by atoms with Gasteiger partial charge in [0.25, 0.3) is 5.91 Å². The van der Waals surface area contributed by atoms with Gasteiger partial charge in [0.1, 0.15) is 0 Å². The number of carbonyl (C=O) groups is 1. The second-order valence-corrected chi connectivity index (χ2v) is 7.36. The highest BCUT2D eigenvalue weighted by atomic mass is 35.5. The topological polar surface area (TPSA) is 43.3 Å². The molecule has 0 saturated carbocycles. The molecule has 1 aromatic heterocycles. The Balaban J connectivity index is 1.77. The standard InChI is InChI=1S/C20H19Cl3N2O2/c1-27-10-9-25-12-15(19-16(22)3-2-4-18(19)25)20(26)24-8-7-13-5-6-14(21)11-17(13)23/h2-6,11-12H,7-10H2,1H3,(H,24,26). The van der Waals surface area contributed by atoms with E-state index in [9.17, 15) is 4.79 Å². The number of hydrogen-bond acceptors (Lipinski definition) is 2. The van der Waals surface area contributed by atoms with Gasteiger partial charge in [-0.2, -0.15) is 0 Å². The Morgan fingerprint density at radius 1 is 1.15 bits per heavy atom. The van der Waals surface area contributed by atoms with E-state index in [4.69, 9.17) is 39.5 Å². The fourth-order valence-electron chi connectivity index (χ4n) is 2.99. The van der Waals surface area contributed by atoms with Gasteiger partial charge >= 0.3 is 0 Å². The maximum atomic E-state index is 12.8. The summed E-state index contributed by atoms with van der Waals surface area (Å²) in [5.74, 6) is -0.172. The first-order chi connectivity index (χ1) is 13.0. The Morgan fingerprint density at radius 2 is 1.96 bits per heavy atom. The number of rotatable bonds is 7. The minimum atomic E-state index is -0.172. The van der Waals surface area contributed by atoms with E-state index in [1.54, 1.807) is 25.3 Å². The zero-order chi connectivity index (χ0) is 19.4. The molecule has 0 aliphatic heterocycles. The molecule has 0 saturated heterocycles. The molecule has 0 spiro atoms. The van der Waals surface area contributed by atoms with Gasteiger partial charge in [0.15, 0.2) is 0 Å². The van der Waals surface area contributed by atoms with Crippen molar-refractivity contribution in [1.29, 1.82) is 0 Å². The van der Waals surface area contributed by atoms with Crippen LogP contribution in [0.3, 0.4) is 0 Å². The Labute approximate surface area is 173 Å². The normalized spacial score (nSPS) is 11.1. The van der Waals surface area contributed by atoms with Crippen molar-refractivity contribution in [1.82, 2.24) is 9.88 Å². The molecule has 2 aromatic carbocycles. The zero-order valence-corrected chi connectivity index (χ0v) is 17.0. The molecule has 0 radical (unpaired) electrons. The van der Waals surface area contributed by atoms with Crippen LogP contribution >= 0.6 is 34.8 Å². The number of aromatic nitrogens is 1. The van der Waals surface area contributed by atoms with Crippen LogP contribution in [0.2, 0.25) is 15.1 Å². The smallest absolute Gasteiger partial charge is 0.253 e. The van der Waals surface area contributed by atoms with E-state index in [2.05, 4.69) is 5.32 Å². The number of halogens is 3. The summed E-state index contributed by atoms with van der Waals surface area (Å²) in [7, 11) is 1.65. The molecule has 142 valence electrons. The third-order valence-electron chi connectivity index (χ3n) is 4.33. The van der Waals surface area contributed by atoms with Crippen molar-refractivity contribution < 1.29 is 9.53 Å². The fraction of sp³-hybridized carbons (Fsp3) is 0.250. The third kappa shape index (κ3) is 4.58. The molecule has 0 aliphatic carbocycles. The summed E-state index contributed by atoms with van der Waals surface area (Å²) in [6.45, 7) is 1.64. The van der Waals surface area contributed by atoms with E-state index in [1.165, 1.54) is 0 Å². The van der Waals surface area contributed by atoms with Gasteiger partial charge in [0, 0.05) is 41.8 Å². The largest absolute Gasteiger partial charge is 0.383 e. The first-order valence-corrected chi connectivity index (χ1v) is 9.63. The van der Waals surface area contributed by atoms with Crippen LogP contribution in [0.4, 0.5) is 0 Å². The summed E-state index contributed by atoms with van der Waals surface area (Å²) in [5.41, 5.74) is 2.39. The molecule has 1 amide bonds. The molecule has 3 aromatic rings. The number of ether oxygens (including phenoxy) is 1. The highest BCUT2D eigenvalue weighted by molar-refractivity contribution is 6.37. The number of carbonyl (C=O) groups excluding carboxylic acids is 1. The van der Waals surface area contributed by atoms with Crippen LogP contribution < -0.4 is 5.32 Å². The predicted octanol–water partition coefficient (Wildman–Crippen LogP) is 5.22. The maximum Gasteiger partial charge on any atom is 0.253 e. The molecule has 1 N–H and O–H groups in total. The number of nitrogens with one attached hydrogen (secondary N) is 1. The Kier molecular flexibility index (Phi) is 6.66. The van der Waals surface area contributed by atoms with E-state index in [0.29, 0.717) is 46.7 Å². The van der Waals surface area contributed by atoms with Gasteiger partial charge < -0.3 is 14.6 Å². The van der Waals surface area contributed by atoms with Crippen molar-refractivity contribution in [2.45, 2.75) is 13.0 Å². The average molecular weight is 426 g/mol. The lowest BCUT2D eigenvalue weighted by Crippen LogP contribution is -2.25. The molecule has 1 heterocycles. The summed E-state index contributed by atoms with van der Waals surface area (Å²) in [5, 5.41) is 5.42. The molecule has 0 unspecified atom stereocenters. The molecule has 4 nitrogen and oxygen atoms in total. The fourth-order valence-corrected chi connectivity index (χ4v) is 3.76. The van der Waals surface area contributed by atoms with Gasteiger partial charge in [-0.05, 0) is 36.2 Å². The number of fused-ring (bicyclic) bond motifs is 1. The first kappa shape index (κ1) is 20.0. The molecule has 27 heavy (non-hydrogen) atoms. The summed E-state index contributed by atoms with van der Waals surface area (Å²) in [6, 6.07) is 11.0. The van der Waals surface area contributed by atoms with E-state index in [-0.39, 0.29) is 5.91 Å². The van der Waals surface area contributed by atoms with E-state index >= 15 is 0 Å². The lowest BCUT2D eigenvalue weighted by atomic mass is 10.1. The van der Waals surface area contributed by atoms with Crippen molar-refractivity contribution in [2.24, 2.45) is 0 Å². The quantitative estimate of drug-likeness (QED) is 0.564. The van der Waals surface area contributed by atoms with Crippen LogP contribution in [-0.2, 0) is 17.7 Å². The van der Waals surface area contributed by atoms with E-state index in [0.717, 1.165) is 16.5 Å². The van der Waals surface area contributed by atoms with Crippen molar-refractivity contribution in [3.63, 3.8) is 0 Å². The minimum absolute atomic E-state index is 0.172. The van der Waals surface area contributed by atoms with Gasteiger partial charge in [-0.15, -0.1) is 0 Å². The predicted molar refractivity (Wildman–Crippen MR) is 111 cm³/mol. The summed E-state index contributed by atoms with van der Waals surface area (Å²) in [6.07, 6.45) is 2.43. The van der Waals surface area contributed by atoms with Gasteiger partial charge in [-0.1, -0.05) is 46.9 Å². The van der Waals surface area contributed by atoms with Crippen LogP contribution in [0, 0.1) is 0 Å². The second-order valence-electron chi connectivity index (χ2n) is 6.10. The van der Waals surface area contributed by atoms with Gasteiger partial charge in [-0.3, -0.25) is 4.79 Å². The van der Waals surface area contributed by atoms with Crippen molar-refractivity contribution in [3.8, 4) is 0 Å². The number of hydrogen-bond donors (Lipinski definition) is 1. The average Bonchev–Trinajstić information content (AvgIpc) is 3.02. The molecular formula is C20H19Cl3N2O2. The van der Waals surface area contributed by atoms with Crippen LogP contribution in [0.5, 0.6) is 0 Å². The SMILES string of the molecule is COCCn1cc(C(=O)NCCc2ccc(Cl)cc2Cl)c2c(Cl)cccc21. The van der Waals surface area contributed by atoms with Gasteiger partial charge in [0.2, 0.25) is 0 Å². The number of benzene rings is 2. The number of amides is 1. The number of nitrogens with zero attached hydrogens (tertiary/aromatic N) is 1. The summed E-state index contributed by atoms with van der Waals surface area (Å²) in [4.78, 5) is 12.8. The molecule has 0 atom stereocenters. The van der Waals surface area contributed by atoms with E-state index in [1.807, 2.05) is 29.0 Å². The number of methoxy groups -OCH3 is 1. The first-order valence-electron chi connectivity index (χ1n) is 8.49. The van der Waals surface area contributed by atoms with Crippen LogP contribution in [0.15, 0.2) is 42.6 Å². The molecule has 0 fully saturated rings. The van der Waals surface area contributed by atoms with E-state index < -0.39 is 0 Å². The molecule has 7 heteroatoms. The maximum absolute atomic E-state index is 12.8. The Bertz CT molecular complexity index is 969. The highest BCUT2D eigenvalue weighted by Gasteiger charge is 2.17. The molecule has 3 rings (SSSR count). The van der Waals surface area contributed by atoms with Crippen LogP contribution in [0.1, 0.15) is 15.9 Å². The third-order valence-corrected chi connectivity index (χ3v) is 5.23.